The summed E-state index contributed by atoms with van der Waals surface area (Å²) in [6.45, 7) is 18.6. The molecule has 3 aromatic heterocycles. The quantitative estimate of drug-likeness (QED) is 0.403. The van der Waals surface area contributed by atoms with Crippen LogP contribution in [0.5, 0.6) is 0 Å². The van der Waals surface area contributed by atoms with Gasteiger partial charge in [-0.2, -0.15) is 14.9 Å². The number of aryl methyl sites for hydroxylation is 1. The standard InChI is InChI=1S/C14H23BN2O4.C9H15N3.C5H5ClN2/c1-12(2,3)19-11(18)17-9-10(8-16-17)15-20-13(4,5)14(6,7)21-15;1-7-3-2-4-10-9(7)8-5-11-12-6-8;1-4-5(6)8-3-2-7-4/h8-9H,1-7H3;5-7,9-10H,2-4H2,1H3,(H,11,12);2-3H,1H3. The molecule has 5 rings (SSSR count). The first kappa shape index (κ1) is 32.7. The van der Waals surface area contributed by atoms with E-state index in [1.165, 1.54) is 18.4 Å². The van der Waals surface area contributed by atoms with E-state index in [1.54, 1.807) is 24.8 Å². The Morgan fingerprint density at radius 1 is 1.15 bits per heavy atom. The number of halogens is 1. The van der Waals surface area contributed by atoms with Crippen molar-refractivity contribution in [3.8, 4) is 0 Å². The number of aromatic amines is 1. The topological polar surface area (TPSA) is 129 Å². The number of hydrogen-bond donors (Lipinski definition) is 2. The second-order valence-corrected chi connectivity index (χ2v) is 12.7. The summed E-state index contributed by atoms with van der Waals surface area (Å²) in [6, 6.07) is 0.512. The number of carbonyl (C=O) groups excluding carboxylic acids is 1. The highest BCUT2D eigenvalue weighted by Crippen LogP contribution is 2.36. The summed E-state index contributed by atoms with van der Waals surface area (Å²) in [5.74, 6) is 0.733. The molecule has 0 aromatic carbocycles. The maximum atomic E-state index is 11.9. The number of nitrogens with zero attached hydrogens (tertiary/aromatic N) is 5. The number of H-pyrrole nitrogens is 1. The van der Waals surface area contributed by atoms with Gasteiger partial charge in [-0.3, -0.25) is 10.1 Å². The maximum absolute atomic E-state index is 11.9. The van der Waals surface area contributed by atoms with E-state index in [1.807, 2.05) is 67.8 Å². The Hall–Kier alpha value is -2.80. The van der Waals surface area contributed by atoms with Gasteiger partial charge in [0.1, 0.15) is 10.8 Å². The van der Waals surface area contributed by atoms with Crippen molar-refractivity contribution in [1.29, 1.82) is 0 Å². The first-order chi connectivity index (χ1) is 19.1. The average Bonchev–Trinajstić information content (AvgIpc) is 3.62. The summed E-state index contributed by atoms with van der Waals surface area (Å²) in [5.41, 5.74) is 1.35. The van der Waals surface area contributed by atoms with Gasteiger partial charge in [-0.05, 0) is 80.7 Å². The molecule has 2 N–H and O–H groups in total. The summed E-state index contributed by atoms with van der Waals surface area (Å²) in [6.07, 6.45) is 12.3. The van der Waals surface area contributed by atoms with Crippen molar-refractivity contribution in [3.63, 3.8) is 0 Å². The Balaban J connectivity index is 0.000000193. The van der Waals surface area contributed by atoms with Crippen molar-refractivity contribution >= 4 is 30.3 Å². The van der Waals surface area contributed by atoms with E-state index in [-0.39, 0.29) is 0 Å². The van der Waals surface area contributed by atoms with E-state index >= 15 is 0 Å². The van der Waals surface area contributed by atoms with Gasteiger partial charge in [0.15, 0.2) is 0 Å². The van der Waals surface area contributed by atoms with E-state index in [0.717, 1.165) is 22.8 Å². The summed E-state index contributed by atoms with van der Waals surface area (Å²) in [7, 11) is -0.536. The van der Waals surface area contributed by atoms with Crippen molar-refractivity contribution in [3.05, 3.63) is 53.6 Å². The highest BCUT2D eigenvalue weighted by molar-refractivity contribution is 6.62. The fourth-order valence-corrected chi connectivity index (χ4v) is 4.27. The molecule has 0 radical (unpaired) electrons. The molecule has 2 aliphatic heterocycles. The lowest BCUT2D eigenvalue weighted by Crippen LogP contribution is -2.41. The third-order valence-corrected chi connectivity index (χ3v) is 7.55. The van der Waals surface area contributed by atoms with Gasteiger partial charge < -0.3 is 19.4 Å². The molecule has 2 unspecified atom stereocenters. The largest absolute Gasteiger partial charge is 0.498 e. The predicted octanol–water partition coefficient (Wildman–Crippen LogP) is 4.87. The van der Waals surface area contributed by atoms with Gasteiger partial charge in [-0.15, -0.1) is 0 Å². The minimum absolute atomic E-state index is 0.425. The Bertz CT molecular complexity index is 1220. The Labute approximate surface area is 248 Å². The van der Waals surface area contributed by atoms with Crippen LogP contribution in [-0.2, 0) is 14.0 Å². The van der Waals surface area contributed by atoms with E-state index in [2.05, 4.69) is 37.5 Å². The second-order valence-electron chi connectivity index (χ2n) is 12.3. The van der Waals surface area contributed by atoms with E-state index in [4.69, 9.17) is 25.6 Å². The van der Waals surface area contributed by atoms with Crippen molar-refractivity contribution in [2.24, 2.45) is 5.92 Å². The molecule has 2 aliphatic rings. The zero-order valence-electron chi connectivity index (χ0n) is 25.6. The van der Waals surface area contributed by atoms with Crippen LogP contribution in [0.3, 0.4) is 0 Å². The first-order valence-corrected chi connectivity index (χ1v) is 14.3. The van der Waals surface area contributed by atoms with E-state index in [0.29, 0.717) is 16.7 Å². The van der Waals surface area contributed by atoms with Gasteiger partial charge in [0.2, 0.25) is 0 Å². The lowest BCUT2D eigenvalue weighted by molar-refractivity contribution is 0.00578. The zero-order valence-corrected chi connectivity index (χ0v) is 26.3. The van der Waals surface area contributed by atoms with E-state index in [9.17, 15) is 4.79 Å². The predicted molar refractivity (Wildman–Crippen MR) is 159 cm³/mol. The SMILES string of the molecule is CC(C)(C)OC(=O)n1cc(B2OC(C)(C)C(C)(C)O2)cn1.CC1CCCNC1c1cn[nH]c1.Cc1nccnc1Cl. The summed E-state index contributed by atoms with van der Waals surface area (Å²) >= 11 is 5.54. The van der Waals surface area contributed by atoms with Gasteiger partial charge in [-0.1, -0.05) is 18.5 Å². The van der Waals surface area contributed by atoms with Crippen LogP contribution in [0.4, 0.5) is 4.79 Å². The molecule has 3 aromatic rings. The zero-order chi connectivity index (χ0) is 30.4. The van der Waals surface area contributed by atoms with Crippen molar-refractivity contribution in [2.75, 3.05) is 6.54 Å². The monoisotopic (exact) mass is 587 g/mol. The van der Waals surface area contributed by atoms with Crippen molar-refractivity contribution in [2.45, 2.75) is 98.0 Å². The molecule has 0 aliphatic carbocycles. The van der Waals surface area contributed by atoms with Crippen LogP contribution in [0.25, 0.3) is 0 Å². The molecule has 11 nitrogen and oxygen atoms in total. The van der Waals surface area contributed by atoms with Gasteiger partial charge in [0, 0.05) is 48.1 Å². The molecular formula is C28H43BClN7O4. The van der Waals surface area contributed by atoms with Crippen LogP contribution in [0.2, 0.25) is 5.15 Å². The smallest absolute Gasteiger partial charge is 0.442 e. The lowest BCUT2D eigenvalue weighted by atomic mass is 9.82. The molecule has 5 heterocycles. The van der Waals surface area contributed by atoms with Crippen LogP contribution < -0.4 is 10.8 Å². The Kier molecular flexibility index (Phi) is 10.7. The van der Waals surface area contributed by atoms with Crippen LogP contribution in [0.1, 0.15) is 85.5 Å². The minimum atomic E-state index is -0.562. The van der Waals surface area contributed by atoms with Gasteiger partial charge in [0.05, 0.1) is 23.1 Å². The number of rotatable bonds is 2. The summed E-state index contributed by atoms with van der Waals surface area (Å²) in [5, 5.41) is 14.8. The summed E-state index contributed by atoms with van der Waals surface area (Å²) < 4.78 is 18.3. The molecule has 13 heteroatoms. The van der Waals surface area contributed by atoms with Crippen LogP contribution in [0, 0.1) is 12.8 Å². The third kappa shape index (κ3) is 9.09. The second kappa shape index (κ2) is 13.5. The fourth-order valence-electron chi connectivity index (χ4n) is 4.16. The number of hydrogen-bond acceptors (Lipinski definition) is 9. The summed E-state index contributed by atoms with van der Waals surface area (Å²) in [4.78, 5) is 19.6. The Morgan fingerprint density at radius 2 is 1.80 bits per heavy atom. The number of nitrogens with one attached hydrogen (secondary N) is 2. The molecular weight excluding hydrogens is 545 g/mol. The number of carbonyl (C=O) groups is 1. The average molecular weight is 588 g/mol. The molecule has 224 valence electrons. The molecule has 2 atom stereocenters. The number of aromatic nitrogens is 6. The van der Waals surface area contributed by atoms with Crippen molar-refractivity contribution < 1.29 is 18.8 Å². The number of piperidine rings is 1. The molecule has 41 heavy (non-hydrogen) atoms. The lowest BCUT2D eigenvalue weighted by Gasteiger charge is -2.32. The minimum Gasteiger partial charge on any atom is -0.442 e. The van der Waals surface area contributed by atoms with Gasteiger partial charge >= 0.3 is 13.2 Å². The fraction of sp³-hybridized carbons (Fsp3) is 0.607. The molecule has 0 bridgehead atoms. The molecule has 2 saturated heterocycles. The van der Waals surface area contributed by atoms with Crippen molar-refractivity contribution in [1.82, 2.24) is 35.3 Å². The third-order valence-electron chi connectivity index (χ3n) is 7.18. The van der Waals surface area contributed by atoms with Crippen LogP contribution in [-0.4, -0.2) is 66.5 Å². The number of ether oxygens (including phenoxy) is 1. The molecule has 0 amide bonds. The van der Waals surface area contributed by atoms with Gasteiger partial charge in [0.25, 0.3) is 0 Å². The normalized spacial score (nSPS) is 21.3. The van der Waals surface area contributed by atoms with E-state index < -0.39 is 30.0 Å². The molecule has 0 saturated carbocycles. The van der Waals surface area contributed by atoms with Gasteiger partial charge in [-0.25, -0.2) is 9.78 Å². The molecule has 2 fully saturated rings. The molecule has 0 spiro atoms. The highest BCUT2D eigenvalue weighted by atomic mass is 35.5. The maximum Gasteiger partial charge on any atom is 0.498 e. The first-order valence-electron chi connectivity index (χ1n) is 13.9. The highest BCUT2D eigenvalue weighted by Gasteiger charge is 2.52. The van der Waals surface area contributed by atoms with Crippen LogP contribution in [0.15, 0.2) is 37.2 Å². The van der Waals surface area contributed by atoms with Crippen LogP contribution >= 0.6 is 11.6 Å². The Morgan fingerprint density at radius 3 is 2.32 bits per heavy atom.